The largest absolute Gasteiger partial charge is 0.306 e. The molecule has 1 aromatic carbocycles. The molecule has 0 radical (unpaired) electrons. The molecular weight excluding hydrogens is 296 g/mol. The minimum absolute atomic E-state index is 0. The molecule has 1 unspecified atom stereocenters. The molecule has 1 aliphatic carbocycles. The van der Waals surface area contributed by atoms with Gasteiger partial charge in [-0.25, -0.2) is 4.39 Å². The number of rotatable bonds is 5. The van der Waals surface area contributed by atoms with E-state index < -0.39 is 0 Å². The first kappa shape index (κ1) is 17.7. The maximum atomic E-state index is 14.3. The fraction of sp³-hybridized carbons (Fsp3) is 0.625. The van der Waals surface area contributed by atoms with Crippen LogP contribution in [0.3, 0.4) is 0 Å². The molecule has 0 amide bonds. The van der Waals surface area contributed by atoms with Crippen LogP contribution in [0.15, 0.2) is 18.2 Å². The lowest BCUT2D eigenvalue weighted by atomic mass is 9.59. The predicted octanol–water partition coefficient (Wildman–Crippen LogP) is 5.05. The summed E-state index contributed by atoms with van der Waals surface area (Å²) >= 11 is 5.88. The third kappa shape index (κ3) is 3.13. The van der Waals surface area contributed by atoms with Crippen LogP contribution in [-0.2, 0) is 5.41 Å². The van der Waals surface area contributed by atoms with Crippen molar-refractivity contribution >= 4 is 24.0 Å². The molecule has 0 N–H and O–H groups in total. The monoisotopic (exact) mass is 319 g/mol. The molecule has 0 aromatic heterocycles. The Morgan fingerprint density at radius 3 is 2.40 bits per heavy atom. The van der Waals surface area contributed by atoms with Crippen molar-refractivity contribution in [3.63, 3.8) is 0 Å². The zero-order valence-corrected chi connectivity index (χ0v) is 14.0. The maximum absolute atomic E-state index is 14.3. The van der Waals surface area contributed by atoms with Gasteiger partial charge in [-0.15, -0.1) is 12.4 Å². The number of hydrogen-bond acceptors (Lipinski definition) is 1. The van der Waals surface area contributed by atoms with Crippen molar-refractivity contribution in [1.29, 1.82) is 0 Å². The molecule has 1 saturated carbocycles. The highest BCUT2D eigenvalue weighted by molar-refractivity contribution is 6.30. The van der Waals surface area contributed by atoms with Gasteiger partial charge in [0.05, 0.1) is 0 Å². The Balaban J connectivity index is 0.00000200. The highest BCUT2D eigenvalue weighted by Crippen LogP contribution is 2.49. The molecule has 2 rings (SSSR count). The van der Waals surface area contributed by atoms with Crippen LogP contribution in [-0.4, -0.2) is 25.0 Å². The van der Waals surface area contributed by atoms with E-state index in [2.05, 4.69) is 25.9 Å². The van der Waals surface area contributed by atoms with Gasteiger partial charge in [-0.1, -0.05) is 37.4 Å². The quantitative estimate of drug-likeness (QED) is 0.733. The summed E-state index contributed by atoms with van der Waals surface area (Å²) < 4.78 is 14.3. The van der Waals surface area contributed by atoms with Gasteiger partial charge >= 0.3 is 0 Å². The van der Waals surface area contributed by atoms with E-state index in [0.29, 0.717) is 11.1 Å². The second-order valence-electron chi connectivity index (χ2n) is 5.90. The maximum Gasteiger partial charge on any atom is 0.128 e. The van der Waals surface area contributed by atoms with Gasteiger partial charge in [0.25, 0.3) is 0 Å². The zero-order chi connectivity index (χ0) is 14.0. The number of likely N-dealkylation sites (N-methyl/N-ethyl adjacent to an activating group) is 1. The van der Waals surface area contributed by atoms with Gasteiger partial charge in [-0.05, 0) is 51.1 Å². The van der Waals surface area contributed by atoms with Gasteiger partial charge in [-0.2, -0.15) is 0 Å². The molecule has 0 heterocycles. The molecule has 1 aliphatic rings. The Kier molecular flexibility index (Phi) is 6.30. The van der Waals surface area contributed by atoms with Crippen LogP contribution in [0.4, 0.5) is 4.39 Å². The first-order valence-corrected chi connectivity index (χ1v) is 7.51. The van der Waals surface area contributed by atoms with Gasteiger partial charge in [0, 0.05) is 16.5 Å². The Bertz CT molecular complexity index is 444. The van der Waals surface area contributed by atoms with Crippen molar-refractivity contribution in [2.24, 2.45) is 0 Å². The van der Waals surface area contributed by atoms with E-state index in [-0.39, 0.29) is 23.6 Å². The lowest BCUT2D eigenvalue weighted by molar-refractivity contribution is 0.0863. The Morgan fingerprint density at radius 1 is 1.35 bits per heavy atom. The summed E-state index contributed by atoms with van der Waals surface area (Å²) in [5, 5.41) is 0.479. The summed E-state index contributed by atoms with van der Waals surface area (Å²) in [5.74, 6) is -0.143. The molecule has 1 aromatic rings. The van der Waals surface area contributed by atoms with E-state index in [9.17, 15) is 4.39 Å². The average molecular weight is 320 g/mol. The first-order chi connectivity index (χ1) is 9.01. The van der Waals surface area contributed by atoms with Crippen molar-refractivity contribution in [2.75, 3.05) is 14.1 Å². The molecule has 0 aliphatic heterocycles. The Labute approximate surface area is 132 Å². The van der Waals surface area contributed by atoms with Gasteiger partial charge in [0.15, 0.2) is 0 Å². The topological polar surface area (TPSA) is 3.24 Å². The smallest absolute Gasteiger partial charge is 0.128 e. The summed E-state index contributed by atoms with van der Waals surface area (Å²) in [5.41, 5.74) is 0.837. The Hall–Kier alpha value is -0.310. The van der Waals surface area contributed by atoms with E-state index in [0.717, 1.165) is 31.2 Å². The van der Waals surface area contributed by atoms with Gasteiger partial charge in [0.1, 0.15) is 5.82 Å². The zero-order valence-electron chi connectivity index (χ0n) is 12.5. The van der Waals surface area contributed by atoms with Crippen LogP contribution < -0.4 is 0 Å². The van der Waals surface area contributed by atoms with Crippen molar-refractivity contribution in [3.8, 4) is 0 Å². The molecule has 0 spiro atoms. The third-order valence-corrected chi connectivity index (χ3v) is 4.77. The predicted molar refractivity (Wildman–Crippen MR) is 86.6 cm³/mol. The van der Waals surface area contributed by atoms with Crippen molar-refractivity contribution in [1.82, 2.24) is 4.90 Å². The van der Waals surface area contributed by atoms with Crippen molar-refractivity contribution in [2.45, 2.75) is 50.5 Å². The van der Waals surface area contributed by atoms with E-state index in [4.69, 9.17) is 11.6 Å². The molecule has 1 atom stereocenters. The molecule has 4 heteroatoms. The molecule has 114 valence electrons. The van der Waals surface area contributed by atoms with Crippen LogP contribution >= 0.6 is 24.0 Å². The summed E-state index contributed by atoms with van der Waals surface area (Å²) in [6.45, 7) is 2.20. The molecule has 0 saturated heterocycles. The standard InChI is InChI=1S/C16H23ClFN.ClH/c1-4-6-15(19(2)3)16(9-5-10-16)13-8-7-12(17)11-14(13)18;/h7-8,11,15H,4-6,9-10H2,1-3H3;1H. The van der Waals surface area contributed by atoms with Crippen LogP contribution in [0.2, 0.25) is 5.02 Å². The second kappa shape index (κ2) is 7.11. The number of benzene rings is 1. The molecular formula is C16H24Cl2FN. The molecule has 1 fully saturated rings. The summed E-state index contributed by atoms with van der Waals surface area (Å²) in [6, 6.07) is 5.57. The second-order valence-corrected chi connectivity index (χ2v) is 6.34. The molecule has 20 heavy (non-hydrogen) atoms. The fourth-order valence-corrected chi connectivity index (χ4v) is 3.69. The highest BCUT2D eigenvalue weighted by atomic mass is 35.5. The SMILES string of the molecule is CCCC(N(C)C)C1(c2ccc(Cl)cc2F)CCC1.Cl. The number of hydrogen-bond donors (Lipinski definition) is 0. The van der Waals surface area contributed by atoms with Crippen molar-refractivity contribution in [3.05, 3.63) is 34.6 Å². The molecule has 0 bridgehead atoms. The van der Waals surface area contributed by atoms with Crippen molar-refractivity contribution < 1.29 is 4.39 Å². The van der Waals surface area contributed by atoms with E-state index in [1.165, 1.54) is 12.5 Å². The number of nitrogens with zero attached hydrogens (tertiary/aromatic N) is 1. The van der Waals surface area contributed by atoms with Crippen LogP contribution in [0.5, 0.6) is 0 Å². The van der Waals surface area contributed by atoms with Gasteiger partial charge < -0.3 is 4.90 Å². The summed E-state index contributed by atoms with van der Waals surface area (Å²) in [6.07, 6.45) is 5.58. The lowest BCUT2D eigenvalue weighted by Gasteiger charge is -2.51. The fourth-order valence-electron chi connectivity index (χ4n) is 3.54. The van der Waals surface area contributed by atoms with Gasteiger partial charge in [-0.3, -0.25) is 0 Å². The van der Waals surface area contributed by atoms with Gasteiger partial charge in [0.2, 0.25) is 0 Å². The van der Waals surface area contributed by atoms with Crippen LogP contribution in [0.25, 0.3) is 0 Å². The lowest BCUT2D eigenvalue weighted by Crippen LogP contribution is -2.52. The number of halogens is 3. The molecule has 1 nitrogen and oxygen atoms in total. The first-order valence-electron chi connectivity index (χ1n) is 7.13. The summed E-state index contributed by atoms with van der Waals surface area (Å²) in [4.78, 5) is 2.26. The minimum atomic E-state index is -0.143. The average Bonchev–Trinajstić information content (AvgIpc) is 2.28. The Morgan fingerprint density at radius 2 is 2.00 bits per heavy atom. The third-order valence-electron chi connectivity index (χ3n) is 4.54. The van der Waals surface area contributed by atoms with Crippen LogP contribution in [0.1, 0.15) is 44.6 Å². The van der Waals surface area contributed by atoms with E-state index in [1.54, 1.807) is 0 Å². The normalized spacial score (nSPS) is 18.3. The van der Waals surface area contributed by atoms with E-state index >= 15 is 0 Å². The van der Waals surface area contributed by atoms with E-state index in [1.807, 2.05) is 12.1 Å². The highest BCUT2D eigenvalue weighted by Gasteiger charge is 2.47. The minimum Gasteiger partial charge on any atom is -0.306 e. The summed E-state index contributed by atoms with van der Waals surface area (Å²) in [7, 11) is 4.21. The van der Waals surface area contributed by atoms with Crippen LogP contribution in [0, 0.1) is 5.82 Å².